The van der Waals surface area contributed by atoms with Crippen molar-refractivity contribution in [2.45, 2.75) is 20.8 Å². The van der Waals surface area contributed by atoms with Crippen LogP contribution in [-0.4, -0.2) is 41.1 Å². The molecule has 0 spiro atoms. The van der Waals surface area contributed by atoms with E-state index in [4.69, 9.17) is 4.98 Å². The number of hydrogen-bond acceptors (Lipinski definition) is 4. The summed E-state index contributed by atoms with van der Waals surface area (Å²) in [6.45, 7) is 10.4. The quantitative estimate of drug-likeness (QED) is 0.529. The molecule has 1 aliphatic heterocycles. The highest BCUT2D eigenvalue weighted by Gasteiger charge is 2.14. The SMILES string of the molecule is Cc1cc(-c2cnc3c(C)c(-c4ccc(N5CCNCC5)cc4)[nH]c3c2)cc(C)n1. The third-order valence-electron chi connectivity index (χ3n) is 5.93. The number of fused-ring (bicyclic) bond motifs is 1. The first kappa shape index (κ1) is 18.8. The average Bonchev–Trinajstić information content (AvgIpc) is 3.10. The summed E-state index contributed by atoms with van der Waals surface area (Å²) in [5, 5.41) is 3.41. The van der Waals surface area contributed by atoms with Crippen LogP contribution < -0.4 is 10.2 Å². The number of piperazine rings is 1. The lowest BCUT2D eigenvalue weighted by Crippen LogP contribution is -2.43. The molecule has 0 amide bonds. The Bertz CT molecular complexity index is 1180. The molecule has 0 saturated carbocycles. The third-order valence-corrected chi connectivity index (χ3v) is 5.93. The lowest BCUT2D eigenvalue weighted by molar-refractivity contribution is 0.589. The Balaban J connectivity index is 1.50. The highest BCUT2D eigenvalue weighted by Crippen LogP contribution is 2.32. The molecule has 1 aliphatic rings. The van der Waals surface area contributed by atoms with Gasteiger partial charge in [-0.1, -0.05) is 12.1 Å². The van der Waals surface area contributed by atoms with Crippen molar-refractivity contribution in [1.29, 1.82) is 0 Å². The molecule has 0 aliphatic carbocycles. The molecule has 5 nitrogen and oxygen atoms in total. The Hall–Kier alpha value is -3.18. The molecule has 5 rings (SSSR count). The Morgan fingerprint density at radius 3 is 2.23 bits per heavy atom. The van der Waals surface area contributed by atoms with Gasteiger partial charge in [0.25, 0.3) is 0 Å². The van der Waals surface area contributed by atoms with Crippen LogP contribution in [0.1, 0.15) is 17.0 Å². The number of aromatic amines is 1. The average molecular weight is 398 g/mol. The predicted molar refractivity (Wildman–Crippen MR) is 124 cm³/mol. The number of nitrogens with zero attached hydrogens (tertiary/aromatic N) is 3. The number of aromatic nitrogens is 3. The van der Waals surface area contributed by atoms with Gasteiger partial charge in [-0.15, -0.1) is 0 Å². The van der Waals surface area contributed by atoms with Gasteiger partial charge in [-0.2, -0.15) is 0 Å². The number of pyridine rings is 2. The second-order valence-electron chi connectivity index (χ2n) is 8.17. The van der Waals surface area contributed by atoms with Crippen molar-refractivity contribution in [3.05, 3.63) is 65.6 Å². The fourth-order valence-corrected chi connectivity index (χ4v) is 4.42. The van der Waals surface area contributed by atoms with Gasteiger partial charge >= 0.3 is 0 Å². The summed E-state index contributed by atoms with van der Waals surface area (Å²) < 4.78 is 0. The largest absolute Gasteiger partial charge is 0.369 e. The smallest absolute Gasteiger partial charge is 0.0914 e. The van der Waals surface area contributed by atoms with Gasteiger partial charge in [-0.3, -0.25) is 9.97 Å². The second-order valence-corrected chi connectivity index (χ2v) is 8.17. The van der Waals surface area contributed by atoms with Crippen molar-refractivity contribution in [2.75, 3.05) is 31.1 Å². The van der Waals surface area contributed by atoms with E-state index in [9.17, 15) is 0 Å². The fourth-order valence-electron chi connectivity index (χ4n) is 4.42. The summed E-state index contributed by atoms with van der Waals surface area (Å²) in [7, 11) is 0. The van der Waals surface area contributed by atoms with Crippen LogP contribution in [0.25, 0.3) is 33.4 Å². The van der Waals surface area contributed by atoms with Gasteiger partial charge < -0.3 is 15.2 Å². The van der Waals surface area contributed by atoms with E-state index < -0.39 is 0 Å². The first-order chi connectivity index (χ1) is 14.6. The van der Waals surface area contributed by atoms with Crippen molar-refractivity contribution < 1.29 is 0 Å². The Morgan fingerprint density at radius 1 is 0.833 bits per heavy atom. The number of H-pyrrole nitrogens is 1. The first-order valence-corrected chi connectivity index (χ1v) is 10.6. The van der Waals surface area contributed by atoms with E-state index in [0.29, 0.717) is 0 Å². The highest BCUT2D eigenvalue weighted by atomic mass is 15.2. The van der Waals surface area contributed by atoms with E-state index in [1.165, 1.54) is 16.8 Å². The first-order valence-electron chi connectivity index (χ1n) is 10.6. The standard InChI is InChI=1S/C25H27N5/c1-16-12-20(13-17(2)28-16)21-14-23-25(27-15-21)18(3)24(29-23)19-4-6-22(7-5-19)30-10-8-26-9-11-30/h4-7,12-15,26,29H,8-11H2,1-3H3. The van der Waals surface area contributed by atoms with Crippen molar-refractivity contribution >= 4 is 16.7 Å². The van der Waals surface area contributed by atoms with Gasteiger partial charge in [-0.25, -0.2) is 0 Å². The minimum absolute atomic E-state index is 1.03. The van der Waals surface area contributed by atoms with Crippen molar-refractivity contribution in [3.63, 3.8) is 0 Å². The summed E-state index contributed by atoms with van der Waals surface area (Å²) in [5.74, 6) is 0. The summed E-state index contributed by atoms with van der Waals surface area (Å²) in [6, 6.07) is 15.3. The van der Waals surface area contributed by atoms with E-state index in [1.807, 2.05) is 20.0 Å². The van der Waals surface area contributed by atoms with Gasteiger partial charge in [0, 0.05) is 60.6 Å². The summed E-state index contributed by atoms with van der Waals surface area (Å²) in [4.78, 5) is 15.3. The molecule has 1 aromatic carbocycles. The molecule has 152 valence electrons. The van der Waals surface area contributed by atoms with Crippen LogP contribution in [0.5, 0.6) is 0 Å². The van der Waals surface area contributed by atoms with Crippen LogP contribution in [0.2, 0.25) is 0 Å². The number of anilines is 1. The van der Waals surface area contributed by atoms with E-state index in [-0.39, 0.29) is 0 Å². The van der Waals surface area contributed by atoms with Gasteiger partial charge in [0.2, 0.25) is 0 Å². The molecular formula is C25H27N5. The molecule has 0 atom stereocenters. The monoisotopic (exact) mass is 397 g/mol. The van der Waals surface area contributed by atoms with Crippen LogP contribution in [0.4, 0.5) is 5.69 Å². The zero-order valence-electron chi connectivity index (χ0n) is 17.8. The number of rotatable bonds is 3. The third kappa shape index (κ3) is 3.46. The van der Waals surface area contributed by atoms with Crippen LogP contribution in [0.15, 0.2) is 48.7 Å². The Kier molecular flexibility index (Phi) is 4.75. The predicted octanol–water partition coefficient (Wildman–Crippen LogP) is 4.63. The fraction of sp³-hybridized carbons (Fsp3) is 0.280. The molecule has 0 radical (unpaired) electrons. The maximum Gasteiger partial charge on any atom is 0.0914 e. The van der Waals surface area contributed by atoms with E-state index in [1.54, 1.807) is 0 Å². The molecule has 5 heteroatoms. The van der Waals surface area contributed by atoms with Crippen LogP contribution >= 0.6 is 0 Å². The number of nitrogens with one attached hydrogen (secondary N) is 2. The Morgan fingerprint density at radius 2 is 1.53 bits per heavy atom. The zero-order chi connectivity index (χ0) is 20.7. The van der Waals surface area contributed by atoms with Crippen molar-refractivity contribution in [1.82, 2.24) is 20.3 Å². The highest BCUT2D eigenvalue weighted by molar-refractivity contribution is 5.90. The van der Waals surface area contributed by atoms with E-state index in [2.05, 4.69) is 69.6 Å². The van der Waals surface area contributed by atoms with Gasteiger partial charge in [0.15, 0.2) is 0 Å². The molecule has 30 heavy (non-hydrogen) atoms. The maximum absolute atomic E-state index is 4.79. The minimum Gasteiger partial charge on any atom is -0.369 e. The van der Waals surface area contributed by atoms with E-state index in [0.717, 1.165) is 65.4 Å². The van der Waals surface area contributed by atoms with E-state index >= 15 is 0 Å². The van der Waals surface area contributed by atoms with Crippen LogP contribution in [0, 0.1) is 20.8 Å². The lowest BCUT2D eigenvalue weighted by atomic mass is 10.1. The topological polar surface area (TPSA) is 56.8 Å². The van der Waals surface area contributed by atoms with Crippen LogP contribution in [0.3, 0.4) is 0 Å². The van der Waals surface area contributed by atoms with Gasteiger partial charge in [-0.05, 0) is 62.2 Å². The summed E-state index contributed by atoms with van der Waals surface area (Å²) in [6.07, 6.45) is 1.97. The minimum atomic E-state index is 1.03. The van der Waals surface area contributed by atoms with Crippen molar-refractivity contribution in [3.8, 4) is 22.4 Å². The lowest BCUT2D eigenvalue weighted by Gasteiger charge is -2.29. The number of hydrogen-bond donors (Lipinski definition) is 2. The number of aryl methyl sites for hydroxylation is 3. The normalized spacial score (nSPS) is 14.4. The molecule has 1 saturated heterocycles. The molecular weight excluding hydrogens is 370 g/mol. The molecule has 0 unspecified atom stereocenters. The zero-order valence-corrected chi connectivity index (χ0v) is 17.8. The molecule has 4 aromatic rings. The van der Waals surface area contributed by atoms with Crippen LogP contribution in [-0.2, 0) is 0 Å². The second kappa shape index (κ2) is 7.58. The summed E-state index contributed by atoms with van der Waals surface area (Å²) in [5.41, 5.74) is 11.2. The van der Waals surface area contributed by atoms with Crippen molar-refractivity contribution in [2.24, 2.45) is 0 Å². The summed E-state index contributed by atoms with van der Waals surface area (Å²) >= 11 is 0. The maximum atomic E-state index is 4.79. The molecule has 0 bridgehead atoms. The number of benzene rings is 1. The Labute approximate surface area is 177 Å². The molecule has 2 N–H and O–H groups in total. The molecule has 4 heterocycles. The van der Waals surface area contributed by atoms with Gasteiger partial charge in [0.1, 0.15) is 0 Å². The molecule has 1 fully saturated rings. The molecule has 3 aromatic heterocycles. The van der Waals surface area contributed by atoms with Gasteiger partial charge in [0.05, 0.1) is 16.7 Å².